The van der Waals surface area contributed by atoms with Crippen LogP contribution in [0.4, 0.5) is 5.82 Å². The number of aliphatic hydroxyl groups excluding tert-OH is 1. The molecular weight excluding hydrogens is 180 g/mol. The summed E-state index contributed by atoms with van der Waals surface area (Å²) >= 11 is 0. The lowest BCUT2D eigenvalue weighted by atomic mass is 10.2. The molecule has 1 aromatic heterocycles. The lowest BCUT2D eigenvalue weighted by Crippen LogP contribution is -2.29. The number of anilines is 1. The third-order valence-electron chi connectivity index (χ3n) is 2.55. The Labute approximate surface area is 83.1 Å². The summed E-state index contributed by atoms with van der Waals surface area (Å²) in [4.78, 5) is 0. The lowest BCUT2D eigenvalue weighted by Gasteiger charge is -2.12. The molecule has 5 heteroatoms. The van der Waals surface area contributed by atoms with Crippen LogP contribution >= 0.6 is 0 Å². The lowest BCUT2D eigenvalue weighted by molar-refractivity contribution is 0.193. The van der Waals surface area contributed by atoms with Crippen molar-refractivity contribution < 1.29 is 5.11 Å². The molecule has 2 rings (SSSR count). The summed E-state index contributed by atoms with van der Waals surface area (Å²) in [6.07, 6.45) is 2.40. The summed E-state index contributed by atoms with van der Waals surface area (Å²) in [5.41, 5.74) is 0. The van der Waals surface area contributed by atoms with Gasteiger partial charge in [0, 0.05) is 32.2 Å². The molecule has 78 valence electrons. The third kappa shape index (κ3) is 2.05. The number of aryl methyl sites for hydroxylation is 1. The van der Waals surface area contributed by atoms with Gasteiger partial charge in [-0.3, -0.25) is 4.68 Å². The molecule has 0 aliphatic carbocycles. The minimum atomic E-state index is -0.187. The number of hydrogen-bond acceptors (Lipinski definition) is 4. The van der Waals surface area contributed by atoms with Crippen LogP contribution in [-0.2, 0) is 7.05 Å². The molecule has 1 fully saturated rings. The van der Waals surface area contributed by atoms with Crippen molar-refractivity contribution >= 4 is 5.82 Å². The van der Waals surface area contributed by atoms with Crippen LogP contribution in [0.15, 0.2) is 12.3 Å². The largest absolute Gasteiger partial charge is 0.392 e. The van der Waals surface area contributed by atoms with Crippen LogP contribution in [0, 0.1) is 0 Å². The molecule has 0 saturated carbocycles. The van der Waals surface area contributed by atoms with Crippen LogP contribution in [0.5, 0.6) is 0 Å². The van der Waals surface area contributed by atoms with Gasteiger partial charge in [-0.1, -0.05) is 0 Å². The van der Waals surface area contributed by atoms with Crippen molar-refractivity contribution in [1.29, 1.82) is 0 Å². The van der Waals surface area contributed by atoms with Crippen LogP contribution < -0.4 is 10.6 Å². The monoisotopic (exact) mass is 196 g/mol. The van der Waals surface area contributed by atoms with Crippen LogP contribution in [0.2, 0.25) is 0 Å². The molecule has 0 aromatic carbocycles. The molecule has 0 amide bonds. The van der Waals surface area contributed by atoms with Gasteiger partial charge in [0.2, 0.25) is 0 Å². The topological polar surface area (TPSA) is 62.1 Å². The van der Waals surface area contributed by atoms with Gasteiger partial charge < -0.3 is 15.7 Å². The Hall–Kier alpha value is -1.07. The van der Waals surface area contributed by atoms with E-state index < -0.39 is 0 Å². The first-order valence-electron chi connectivity index (χ1n) is 4.89. The van der Waals surface area contributed by atoms with E-state index in [1.807, 2.05) is 13.1 Å². The summed E-state index contributed by atoms with van der Waals surface area (Å²) in [5.74, 6) is 1.01. The number of nitrogens with zero attached hydrogens (tertiary/aromatic N) is 2. The second-order valence-electron chi connectivity index (χ2n) is 3.72. The molecule has 0 spiro atoms. The molecule has 1 aliphatic rings. The zero-order valence-electron chi connectivity index (χ0n) is 8.27. The van der Waals surface area contributed by atoms with Gasteiger partial charge in [0.1, 0.15) is 5.82 Å². The Balaban J connectivity index is 1.80. The average Bonchev–Trinajstić information content (AvgIpc) is 2.72. The molecule has 0 radical (unpaired) electrons. The summed E-state index contributed by atoms with van der Waals surface area (Å²) < 4.78 is 1.80. The Morgan fingerprint density at radius 3 is 3.21 bits per heavy atom. The molecule has 2 unspecified atom stereocenters. The molecule has 1 aliphatic heterocycles. The zero-order valence-corrected chi connectivity index (χ0v) is 8.27. The highest BCUT2D eigenvalue weighted by Gasteiger charge is 2.21. The van der Waals surface area contributed by atoms with Crippen molar-refractivity contribution in [3.8, 4) is 0 Å². The number of aliphatic hydroxyl groups is 1. The SMILES string of the molecule is Cn1nccc1NCC1CC(O)CN1. The Morgan fingerprint density at radius 1 is 1.79 bits per heavy atom. The van der Waals surface area contributed by atoms with E-state index in [0.717, 1.165) is 18.8 Å². The van der Waals surface area contributed by atoms with Crippen molar-refractivity contribution in [1.82, 2.24) is 15.1 Å². The van der Waals surface area contributed by atoms with Crippen molar-refractivity contribution in [2.45, 2.75) is 18.6 Å². The van der Waals surface area contributed by atoms with Crippen molar-refractivity contribution in [2.75, 3.05) is 18.4 Å². The minimum absolute atomic E-state index is 0.187. The summed E-state index contributed by atoms with van der Waals surface area (Å²) in [6, 6.07) is 2.30. The maximum absolute atomic E-state index is 9.30. The fourth-order valence-corrected chi connectivity index (χ4v) is 1.73. The Kier molecular flexibility index (Phi) is 2.69. The molecule has 1 saturated heterocycles. The highest BCUT2D eigenvalue weighted by molar-refractivity contribution is 5.33. The number of β-amino-alcohol motifs (C(OH)–C–C–N with tert-alkyl or cyclic N) is 1. The standard InChI is InChI=1S/C9H16N4O/c1-13-9(2-3-12-13)11-5-7-4-8(14)6-10-7/h2-3,7-8,10-11,14H,4-6H2,1H3. The van der Waals surface area contributed by atoms with E-state index in [1.165, 1.54) is 0 Å². The smallest absolute Gasteiger partial charge is 0.123 e. The number of rotatable bonds is 3. The molecular formula is C9H16N4O. The zero-order chi connectivity index (χ0) is 9.97. The van der Waals surface area contributed by atoms with Crippen molar-refractivity contribution in [3.63, 3.8) is 0 Å². The second kappa shape index (κ2) is 3.98. The fraction of sp³-hybridized carbons (Fsp3) is 0.667. The molecule has 1 aromatic rings. The number of hydrogen-bond donors (Lipinski definition) is 3. The maximum Gasteiger partial charge on any atom is 0.123 e. The fourth-order valence-electron chi connectivity index (χ4n) is 1.73. The van der Waals surface area contributed by atoms with Gasteiger partial charge in [-0.2, -0.15) is 5.10 Å². The Morgan fingerprint density at radius 2 is 2.64 bits per heavy atom. The van der Waals surface area contributed by atoms with Gasteiger partial charge in [-0.25, -0.2) is 0 Å². The van der Waals surface area contributed by atoms with E-state index in [4.69, 9.17) is 0 Å². The van der Waals surface area contributed by atoms with Gasteiger partial charge in [0.05, 0.1) is 12.3 Å². The first-order chi connectivity index (χ1) is 6.75. The van der Waals surface area contributed by atoms with Gasteiger partial charge >= 0.3 is 0 Å². The molecule has 2 heterocycles. The van der Waals surface area contributed by atoms with Gasteiger partial charge in [-0.05, 0) is 6.42 Å². The van der Waals surface area contributed by atoms with E-state index in [2.05, 4.69) is 15.7 Å². The molecule has 0 bridgehead atoms. The molecule has 2 atom stereocenters. The molecule has 14 heavy (non-hydrogen) atoms. The van der Waals surface area contributed by atoms with E-state index in [-0.39, 0.29) is 6.10 Å². The Bertz CT molecular complexity index is 299. The van der Waals surface area contributed by atoms with Crippen molar-refractivity contribution in [3.05, 3.63) is 12.3 Å². The van der Waals surface area contributed by atoms with Gasteiger partial charge in [-0.15, -0.1) is 0 Å². The second-order valence-corrected chi connectivity index (χ2v) is 3.72. The first kappa shape index (κ1) is 9.48. The molecule has 3 N–H and O–H groups in total. The van der Waals surface area contributed by atoms with E-state index in [9.17, 15) is 5.11 Å². The summed E-state index contributed by atoms with van der Waals surface area (Å²) in [7, 11) is 1.90. The quantitative estimate of drug-likeness (QED) is 0.613. The maximum atomic E-state index is 9.30. The van der Waals surface area contributed by atoms with Crippen LogP contribution in [-0.4, -0.2) is 40.1 Å². The predicted molar refractivity (Wildman–Crippen MR) is 54.1 cm³/mol. The van der Waals surface area contributed by atoms with Crippen LogP contribution in [0.25, 0.3) is 0 Å². The average molecular weight is 196 g/mol. The predicted octanol–water partition coefficient (Wildman–Crippen LogP) is -0.445. The third-order valence-corrected chi connectivity index (χ3v) is 2.55. The molecule has 5 nitrogen and oxygen atoms in total. The first-order valence-corrected chi connectivity index (χ1v) is 4.89. The number of aromatic nitrogens is 2. The highest BCUT2D eigenvalue weighted by atomic mass is 16.3. The van der Waals surface area contributed by atoms with E-state index in [1.54, 1.807) is 10.9 Å². The van der Waals surface area contributed by atoms with Crippen LogP contribution in [0.1, 0.15) is 6.42 Å². The normalized spacial score (nSPS) is 26.7. The van der Waals surface area contributed by atoms with E-state index >= 15 is 0 Å². The summed E-state index contributed by atoms with van der Waals surface area (Å²) in [6.45, 7) is 1.54. The number of nitrogens with one attached hydrogen (secondary N) is 2. The van der Waals surface area contributed by atoms with Gasteiger partial charge in [0.15, 0.2) is 0 Å². The van der Waals surface area contributed by atoms with Crippen molar-refractivity contribution in [2.24, 2.45) is 7.05 Å². The minimum Gasteiger partial charge on any atom is -0.392 e. The van der Waals surface area contributed by atoms with E-state index in [0.29, 0.717) is 12.6 Å². The van der Waals surface area contributed by atoms with Gasteiger partial charge in [0.25, 0.3) is 0 Å². The highest BCUT2D eigenvalue weighted by Crippen LogP contribution is 2.08. The summed E-state index contributed by atoms with van der Waals surface area (Å²) in [5, 5.41) is 19.9. The van der Waals surface area contributed by atoms with Crippen LogP contribution in [0.3, 0.4) is 0 Å².